The molecule has 1 rings (SSSR count). The molecular weight excluding hydrogens is 209 g/mol. The molecule has 1 aliphatic heterocycles. The molecule has 0 bridgehead atoms. The second-order valence-corrected chi connectivity index (χ2v) is 5.10. The number of hydrogen-bond donors (Lipinski definition) is 0. The number of nitrogens with zero attached hydrogens (tertiary/aromatic N) is 1. The number of allylic oxidation sites excluding steroid dienone is 1. The number of ether oxygens (including phenoxy) is 1. The normalized spacial score (nSPS) is 17.3. The summed E-state index contributed by atoms with van der Waals surface area (Å²) >= 11 is 0. The molecule has 0 aromatic carbocycles. The number of piperidine rings is 1. The summed E-state index contributed by atoms with van der Waals surface area (Å²) in [5, 5.41) is 0. The minimum atomic E-state index is -0.469. The molecule has 1 amide bonds. The van der Waals surface area contributed by atoms with Gasteiger partial charge in [0.25, 0.3) is 0 Å². The van der Waals surface area contributed by atoms with Crippen molar-refractivity contribution in [1.29, 1.82) is 0 Å². The van der Waals surface area contributed by atoms with Crippen LogP contribution in [0.3, 0.4) is 0 Å². The summed E-state index contributed by atoms with van der Waals surface area (Å²) in [5.74, 6) is -0.108. The fraction of sp³-hybridized carbons (Fsp3) is 0.750. The Morgan fingerprint density at radius 3 is 2.19 bits per heavy atom. The molecule has 1 heterocycles. The predicted octanol–water partition coefficient (Wildman–Crippen LogP) is 3.26. The summed E-state index contributed by atoms with van der Waals surface area (Å²) in [6, 6.07) is 0. The maximum absolute atomic E-state index is 12.9. The molecule has 0 spiro atoms. The third-order valence-electron chi connectivity index (χ3n) is 2.51. The van der Waals surface area contributed by atoms with Crippen LogP contribution in [0.15, 0.2) is 11.4 Å². The van der Waals surface area contributed by atoms with Crippen LogP contribution in [0.4, 0.5) is 9.18 Å². The third-order valence-corrected chi connectivity index (χ3v) is 2.51. The van der Waals surface area contributed by atoms with E-state index in [4.69, 9.17) is 4.74 Å². The number of rotatable bonds is 0. The van der Waals surface area contributed by atoms with Gasteiger partial charge in [-0.25, -0.2) is 9.18 Å². The van der Waals surface area contributed by atoms with Gasteiger partial charge in [-0.15, -0.1) is 0 Å². The van der Waals surface area contributed by atoms with Gasteiger partial charge in [-0.2, -0.15) is 0 Å². The van der Waals surface area contributed by atoms with E-state index < -0.39 is 5.60 Å². The van der Waals surface area contributed by atoms with Crippen molar-refractivity contribution in [2.75, 3.05) is 13.1 Å². The molecule has 0 aromatic rings. The summed E-state index contributed by atoms with van der Waals surface area (Å²) < 4.78 is 18.2. The first-order chi connectivity index (χ1) is 7.29. The van der Waals surface area contributed by atoms with Crippen LogP contribution in [0.5, 0.6) is 0 Å². The highest BCUT2D eigenvalue weighted by Gasteiger charge is 2.25. The Hall–Kier alpha value is -1.06. The molecule has 1 fully saturated rings. The lowest BCUT2D eigenvalue weighted by Crippen LogP contribution is -2.40. The average molecular weight is 229 g/mol. The van der Waals surface area contributed by atoms with Crippen molar-refractivity contribution in [2.45, 2.75) is 46.1 Å². The van der Waals surface area contributed by atoms with Crippen LogP contribution >= 0.6 is 0 Å². The zero-order valence-electron chi connectivity index (χ0n) is 10.5. The smallest absolute Gasteiger partial charge is 0.410 e. The van der Waals surface area contributed by atoms with E-state index in [2.05, 4.69) is 0 Å². The Morgan fingerprint density at radius 1 is 1.31 bits per heavy atom. The van der Waals surface area contributed by atoms with Crippen LogP contribution in [0.2, 0.25) is 0 Å². The fourth-order valence-electron chi connectivity index (χ4n) is 1.63. The van der Waals surface area contributed by atoms with Gasteiger partial charge in [0.2, 0.25) is 0 Å². The van der Waals surface area contributed by atoms with Crippen molar-refractivity contribution in [1.82, 2.24) is 4.90 Å². The van der Waals surface area contributed by atoms with Gasteiger partial charge in [0.15, 0.2) is 0 Å². The van der Waals surface area contributed by atoms with E-state index in [1.54, 1.807) is 4.90 Å². The molecule has 1 saturated heterocycles. The third kappa shape index (κ3) is 3.83. The summed E-state index contributed by atoms with van der Waals surface area (Å²) in [6.45, 7) is 8.08. The molecule has 16 heavy (non-hydrogen) atoms. The van der Waals surface area contributed by atoms with Crippen LogP contribution in [-0.2, 0) is 4.74 Å². The SMILES string of the molecule is CC(F)=C1CCN(C(=O)OC(C)(C)C)CC1. The number of halogens is 1. The van der Waals surface area contributed by atoms with Gasteiger partial charge in [0.05, 0.1) is 5.83 Å². The Balaban J connectivity index is 2.49. The van der Waals surface area contributed by atoms with Gasteiger partial charge in [-0.1, -0.05) is 0 Å². The zero-order valence-corrected chi connectivity index (χ0v) is 10.5. The van der Waals surface area contributed by atoms with E-state index in [9.17, 15) is 9.18 Å². The first-order valence-corrected chi connectivity index (χ1v) is 5.61. The van der Waals surface area contributed by atoms with Crippen molar-refractivity contribution in [2.24, 2.45) is 0 Å². The molecule has 4 heteroatoms. The van der Waals surface area contributed by atoms with E-state index in [0.29, 0.717) is 25.9 Å². The molecule has 0 N–H and O–H groups in total. The van der Waals surface area contributed by atoms with Crippen LogP contribution in [0, 0.1) is 0 Å². The predicted molar refractivity (Wildman–Crippen MR) is 60.8 cm³/mol. The maximum atomic E-state index is 12.9. The van der Waals surface area contributed by atoms with Crippen molar-refractivity contribution >= 4 is 6.09 Å². The molecule has 3 nitrogen and oxygen atoms in total. The summed E-state index contributed by atoms with van der Waals surface area (Å²) in [5.41, 5.74) is 0.350. The van der Waals surface area contributed by atoms with E-state index in [0.717, 1.165) is 5.57 Å². The molecule has 0 aliphatic carbocycles. The van der Waals surface area contributed by atoms with Gasteiger partial charge in [-0.3, -0.25) is 0 Å². The largest absolute Gasteiger partial charge is 0.444 e. The number of carbonyl (C=O) groups is 1. The van der Waals surface area contributed by atoms with Gasteiger partial charge < -0.3 is 9.64 Å². The van der Waals surface area contributed by atoms with Crippen LogP contribution in [-0.4, -0.2) is 29.7 Å². The lowest BCUT2D eigenvalue weighted by molar-refractivity contribution is 0.0235. The van der Waals surface area contributed by atoms with Crippen molar-refractivity contribution in [3.05, 3.63) is 11.4 Å². The summed E-state index contributed by atoms with van der Waals surface area (Å²) in [7, 11) is 0. The van der Waals surface area contributed by atoms with E-state index in [1.807, 2.05) is 20.8 Å². The molecule has 0 unspecified atom stereocenters. The second kappa shape index (κ2) is 4.85. The second-order valence-electron chi connectivity index (χ2n) is 5.10. The Morgan fingerprint density at radius 2 is 1.81 bits per heavy atom. The van der Waals surface area contributed by atoms with Crippen molar-refractivity contribution < 1.29 is 13.9 Å². The first-order valence-electron chi connectivity index (χ1n) is 5.61. The highest BCUT2D eigenvalue weighted by molar-refractivity contribution is 5.68. The highest BCUT2D eigenvalue weighted by atomic mass is 19.1. The lowest BCUT2D eigenvalue weighted by Gasteiger charge is -2.31. The van der Waals surface area contributed by atoms with Crippen LogP contribution in [0.1, 0.15) is 40.5 Å². The van der Waals surface area contributed by atoms with Gasteiger partial charge >= 0.3 is 6.09 Å². The molecular formula is C12H20FNO2. The maximum Gasteiger partial charge on any atom is 0.410 e. The van der Waals surface area contributed by atoms with Gasteiger partial charge in [-0.05, 0) is 46.1 Å². The summed E-state index contributed by atoms with van der Waals surface area (Å²) in [4.78, 5) is 13.3. The Bertz CT molecular complexity index is 291. The summed E-state index contributed by atoms with van der Waals surface area (Å²) in [6.07, 6.45) is 0.923. The number of hydrogen-bond acceptors (Lipinski definition) is 2. The highest BCUT2D eigenvalue weighted by Crippen LogP contribution is 2.21. The molecule has 0 aromatic heterocycles. The van der Waals surface area contributed by atoms with Crippen LogP contribution in [0.25, 0.3) is 0 Å². The standard InChI is InChI=1S/C12H20FNO2/c1-9(13)10-5-7-14(8-6-10)11(15)16-12(2,3)4/h5-8H2,1-4H3. The molecule has 0 atom stereocenters. The van der Waals surface area contributed by atoms with Crippen molar-refractivity contribution in [3.8, 4) is 0 Å². The quantitative estimate of drug-likeness (QED) is 0.638. The van der Waals surface area contributed by atoms with E-state index in [1.165, 1.54) is 6.92 Å². The van der Waals surface area contributed by atoms with E-state index >= 15 is 0 Å². The monoisotopic (exact) mass is 229 g/mol. The zero-order chi connectivity index (χ0) is 12.3. The molecule has 0 radical (unpaired) electrons. The molecule has 92 valence electrons. The average Bonchev–Trinajstić information content (AvgIpc) is 2.15. The van der Waals surface area contributed by atoms with Gasteiger partial charge in [0, 0.05) is 13.1 Å². The molecule has 0 saturated carbocycles. The fourth-order valence-corrected chi connectivity index (χ4v) is 1.63. The topological polar surface area (TPSA) is 29.5 Å². The lowest BCUT2D eigenvalue weighted by atomic mass is 10.0. The Labute approximate surface area is 96.3 Å². The molecule has 1 aliphatic rings. The van der Waals surface area contributed by atoms with Crippen LogP contribution < -0.4 is 0 Å². The van der Waals surface area contributed by atoms with E-state index in [-0.39, 0.29) is 11.9 Å². The Kier molecular flexibility index (Phi) is 3.94. The van der Waals surface area contributed by atoms with Crippen molar-refractivity contribution in [3.63, 3.8) is 0 Å². The minimum absolute atomic E-state index is 0.108. The first kappa shape index (κ1) is 13.0. The number of amides is 1. The number of likely N-dealkylation sites (tertiary alicyclic amines) is 1. The minimum Gasteiger partial charge on any atom is -0.444 e. The number of carbonyl (C=O) groups excluding carboxylic acids is 1. The van der Waals surface area contributed by atoms with Gasteiger partial charge in [0.1, 0.15) is 5.60 Å².